The van der Waals surface area contributed by atoms with E-state index in [1.165, 1.54) is 55.0 Å². The van der Waals surface area contributed by atoms with Crippen molar-refractivity contribution in [2.75, 3.05) is 12.3 Å². The van der Waals surface area contributed by atoms with Crippen LogP contribution in [0.4, 0.5) is 5.82 Å². The first-order valence-corrected chi connectivity index (χ1v) is 9.12. The van der Waals surface area contributed by atoms with Gasteiger partial charge in [-0.1, -0.05) is 44.7 Å². The molecule has 0 fully saturated rings. The Hall–Kier alpha value is -1.61. The number of benzene rings is 1. The van der Waals surface area contributed by atoms with Gasteiger partial charge in [0.15, 0.2) is 0 Å². The van der Waals surface area contributed by atoms with Gasteiger partial charge >= 0.3 is 0 Å². The van der Waals surface area contributed by atoms with Crippen LogP contribution >= 0.6 is 0 Å². The Bertz CT molecular complexity index is 607. The quantitative estimate of drug-likeness (QED) is 0.629. The van der Waals surface area contributed by atoms with E-state index >= 15 is 0 Å². The Morgan fingerprint density at radius 3 is 2.48 bits per heavy atom. The minimum absolute atomic E-state index is 0.703. The molecular formula is C20H31N3. The largest absolute Gasteiger partial charge is 0.383 e. The first kappa shape index (κ1) is 17.7. The lowest BCUT2D eigenvalue weighted by Gasteiger charge is -2.09. The Morgan fingerprint density at radius 1 is 0.913 bits per heavy atom. The highest BCUT2D eigenvalue weighted by Gasteiger charge is 2.05. The van der Waals surface area contributed by atoms with Gasteiger partial charge < -0.3 is 11.5 Å². The van der Waals surface area contributed by atoms with Crippen molar-refractivity contribution in [2.24, 2.45) is 5.73 Å². The Morgan fingerprint density at radius 2 is 1.70 bits per heavy atom. The number of fused-ring (bicyclic) bond motifs is 1. The van der Waals surface area contributed by atoms with Gasteiger partial charge in [0.2, 0.25) is 0 Å². The van der Waals surface area contributed by atoms with E-state index in [1.54, 1.807) is 0 Å². The summed E-state index contributed by atoms with van der Waals surface area (Å²) in [5.41, 5.74) is 15.3. The first-order chi connectivity index (χ1) is 11.2. The molecule has 3 heteroatoms. The van der Waals surface area contributed by atoms with Crippen molar-refractivity contribution < 1.29 is 0 Å². The number of unbranched alkanes of at least 4 members (excludes halogenated alkanes) is 5. The summed E-state index contributed by atoms with van der Waals surface area (Å²) in [5, 5.41) is 1.20. The minimum Gasteiger partial charge on any atom is -0.383 e. The number of nitrogen functional groups attached to an aromatic ring is 1. The molecular weight excluding hydrogens is 282 g/mol. The SMILES string of the molecule is CCCCCCc1cc2ccc(CCCCCN)cc2nc1N. The fraction of sp³-hybridized carbons (Fsp3) is 0.550. The Balaban J connectivity index is 2.02. The molecule has 1 aromatic carbocycles. The zero-order chi connectivity index (χ0) is 16.5. The predicted octanol–water partition coefficient (Wildman–Crippen LogP) is 4.61. The van der Waals surface area contributed by atoms with Crippen molar-refractivity contribution >= 4 is 16.7 Å². The zero-order valence-electron chi connectivity index (χ0n) is 14.5. The highest BCUT2D eigenvalue weighted by Crippen LogP contribution is 2.22. The van der Waals surface area contributed by atoms with Gasteiger partial charge in [-0.25, -0.2) is 4.98 Å². The molecule has 0 saturated heterocycles. The third-order valence-electron chi connectivity index (χ3n) is 4.46. The predicted molar refractivity (Wildman–Crippen MR) is 101 cm³/mol. The van der Waals surface area contributed by atoms with E-state index in [2.05, 4.69) is 36.2 Å². The van der Waals surface area contributed by atoms with Crippen molar-refractivity contribution in [2.45, 2.75) is 64.7 Å². The van der Waals surface area contributed by atoms with Gasteiger partial charge in [-0.2, -0.15) is 0 Å². The summed E-state index contributed by atoms with van der Waals surface area (Å²) in [6.45, 7) is 3.02. The van der Waals surface area contributed by atoms with Crippen LogP contribution in [0.25, 0.3) is 10.9 Å². The number of hydrogen-bond donors (Lipinski definition) is 2. The van der Waals surface area contributed by atoms with Gasteiger partial charge in [-0.15, -0.1) is 0 Å². The molecule has 3 nitrogen and oxygen atoms in total. The van der Waals surface area contributed by atoms with E-state index in [4.69, 9.17) is 11.5 Å². The Kier molecular flexibility index (Phi) is 7.34. The van der Waals surface area contributed by atoms with E-state index in [0.29, 0.717) is 5.82 Å². The number of anilines is 1. The molecule has 0 spiro atoms. The zero-order valence-corrected chi connectivity index (χ0v) is 14.5. The van der Waals surface area contributed by atoms with Gasteiger partial charge in [0.05, 0.1) is 5.52 Å². The topological polar surface area (TPSA) is 64.9 Å². The normalized spacial score (nSPS) is 11.2. The molecule has 23 heavy (non-hydrogen) atoms. The summed E-state index contributed by atoms with van der Waals surface area (Å²) >= 11 is 0. The third-order valence-corrected chi connectivity index (χ3v) is 4.46. The molecule has 0 aliphatic rings. The van der Waals surface area contributed by atoms with Gasteiger partial charge in [0.25, 0.3) is 0 Å². The summed E-state index contributed by atoms with van der Waals surface area (Å²) in [6.07, 6.45) is 10.7. The first-order valence-electron chi connectivity index (χ1n) is 9.12. The second-order valence-electron chi connectivity index (χ2n) is 6.47. The van der Waals surface area contributed by atoms with Gasteiger partial charge in [0.1, 0.15) is 5.82 Å². The van der Waals surface area contributed by atoms with Crippen molar-refractivity contribution in [3.05, 3.63) is 35.4 Å². The van der Waals surface area contributed by atoms with Gasteiger partial charge in [-0.05, 0) is 61.9 Å². The van der Waals surface area contributed by atoms with Crippen molar-refractivity contribution in [3.63, 3.8) is 0 Å². The maximum Gasteiger partial charge on any atom is 0.127 e. The lowest BCUT2D eigenvalue weighted by Crippen LogP contribution is -2.00. The molecule has 0 atom stereocenters. The highest BCUT2D eigenvalue weighted by atomic mass is 14.8. The number of nitrogens with two attached hydrogens (primary N) is 2. The molecule has 4 N–H and O–H groups in total. The van der Waals surface area contributed by atoms with Crippen LogP contribution < -0.4 is 11.5 Å². The molecule has 0 bridgehead atoms. The monoisotopic (exact) mass is 313 g/mol. The van der Waals surface area contributed by atoms with Crippen LogP contribution in [0.5, 0.6) is 0 Å². The lowest BCUT2D eigenvalue weighted by atomic mass is 10.0. The summed E-state index contributed by atoms with van der Waals surface area (Å²) in [7, 11) is 0. The molecule has 2 aromatic rings. The highest BCUT2D eigenvalue weighted by molar-refractivity contribution is 5.82. The molecule has 0 aliphatic heterocycles. The molecule has 1 heterocycles. The van der Waals surface area contributed by atoms with Crippen molar-refractivity contribution in [3.8, 4) is 0 Å². The second kappa shape index (κ2) is 9.51. The molecule has 0 unspecified atom stereocenters. The second-order valence-corrected chi connectivity index (χ2v) is 6.47. The third kappa shape index (κ3) is 5.51. The van der Waals surface area contributed by atoms with Crippen molar-refractivity contribution in [1.29, 1.82) is 0 Å². The average Bonchev–Trinajstić information content (AvgIpc) is 2.56. The summed E-state index contributed by atoms with van der Waals surface area (Å²) < 4.78 is 0. The number of aryl methyl sites for hydroxylation is 2. The standard InChI is InChI=1S/C20H31N3/c1-2-3-4-7-10-18-15-17-12-11-16(9-6-5-8-13-21)14-19(17)23-20(18)22/h11-12,14-15H,2-10,13,21H2,1H3,(H2,22,23). The number of pyridine rings is 1. The van der Waals surface area contributed by atoms with E-state index in [0.717, 1.165) is 31.3 Å². The van der Waals surface area contributed by atoms with Crippen LogP contribution in [0, 0.1) is 0 Å². The average molecular weight is 313 g/mol. The van der Waals surface area contributed by atoms with Gasteiger partial charge in [-0.3, -0.25) is 0 Å². The van der Waals surface area contributed by atoms with Crippen LogP contribution in [0.1, 0.15) is 63.0 Å². The number of aromatic nitrogens is 1. The van der Waals surface area contributed by atoms with Crippen LogP contribution in [0.3, 0.4) is 0 Å². The summed E-state index contributed by atoms with van der Waals surface area (Å²) in [4.78, 5) is 4.64. The maximum absolute atomic E-state index is 6.17. The van der Waals surface area contributed by atoms with E-state index < -0.39 is 0 Å². The summed E-state index contributed by atoms with van der Waals surface area (Å²) in [5.74, 6) is 0.703. The van der Waals surface area contributed by atoms with Gasteiger partial charge in [0, 0.05) is 5.39 Å². The number of nitrogens with zero attached hydrogens (tertiary/aromatic N) is 1. The fourth-order valence-electron chi connectivity index (χ4n) is 3.02. The Labute approximate surface area is 140 Å². The lowest BCUT2D eigenvalue weighted by molar-refractivity contribution is 0.667. The van der Waals surface area contributed by atoms with Crippen LogP contribution in [0.15, 0.2) is 24.3 Å². The molecule has 0 radical (unpaired) electrons. The van der Waals surface area contributed by atoms with E-state index in [1.807, 2.05) is 0 Å². The van der Waals surface area contributed by atoms with E-state index in [-0.39, 0.29) is 0 Å². The summed E-state index contributed by atoms with van der Waals surface area (Å²) in [6, 6.07) is 8.83. The van der Waals surface area contributed by atoms with Crippen LogP contribution in [-0.2, 0) is 12.8 Å². The fourth-order valence-corrected chi connectivity index (χ4v) is 3.02. The minimum atomic E-state index is 0.703. The molecule has 0 saturated carbocycles. The molecule has 126 valence electrons. The van der Waals surface area contributed by atoms with Crippen LogP contribution in [0.2, 0.25) is 0 Å². The molecule has 2 rings (SSSR count). The van der Waals surface area contributed by atoms with E-state index in [9.17, 15) is 0 Å². The molecule has 1 aromatic heterocycles. The number of rotatable bonds is 10. The van der Waals surface area contributed by atoms with Crippen LogP contribution in [-0.4, -0.2) is 11.5 Å². The molecule has 0 aliphatic carbocycles. The number of hydrogen-bond acceptors (Lipinski definition) is 3. The van der Waals surface area contributed by atoms with Crippen molar-refractivity contribution in [1.82, 2.24) is 4.98 Å². The molecule has 0 amide bonds. The maximum atomic E-state index is 6.17. The smallest absolute Gasteiger partial charge is 0.127 e.